The highest BCUT2D eigenvalue weighted by Crippen LogP contribution is 2.51. The van der Waals surface area contributed by atoms with Gasteiger partial charge in [-0.15, -0.1) is 0 Å². The Morgan fingerprint density at radius 1 is 0.821 bits per heavy atom. The molecule has 0 aliphatic heterocycles. The summed E-state index contributed by atoms with van der Waals surface area (Å²) in [6.07, 6.45) is 12.7. The quantitative estimate of drug-likeness (QED) is 0.515. The molecule has 0 unspecified atom stereocenters. The van der Waals surface area contributed by atoms with Crippen molar-refractivity contribution in [1.29, 1.82) is 0 Å². The Morgan fingerprint density at radius 2 is 1.50 bits per heavy atom. The minimum absolute atomic E-state index is 0.479. The van der Waals surface area contributed by atoms with Crippen LogP contribution >= 0.6 is 0 Å². The lowest BCUT2D eigenvalue weighted by Crippen LogP contribution is -2.08. The van der Waals surface area contributed by atoms with Crippen LogP contribution in [0, 0.1) is 0 Å². The van der Waals surface area contributed by atoms with Crippen LogP contribution in [0.3, 0.4) is 0 Å². The van der Waals surface area contributed by atoms with Crippen molar-refractivity contribution in [2.24, 2.45) is 0 Å². The van der Waals surface area contributed by atoms with Crippen molar-refractivity contribution in [2.75, 3.05) is 0 Å². The smallest absolute Gasteiger partial charge is 0.0142 e. The summed E-state index contributed by atoms with van der Waals surface area (Å²) in [5.74, 6) is 0.479. The van der Waals surface area contributed by atoms with Crippen molar-refractivity contribution in [3.05, 3.63) is 105 Å². The molecule has 0 heteroatoms. The van der Waals surface area contributed by atoms with E-state index in [4.69, 9.17) is 0 Å². The third-order valence-corrected chi connectivity index (χ3v) is 7.26. The van der Waals surface area contributed by atoms with Crippen LogP contribution < -0.4 is 0 Å². The summed E-state index contributed by atoms with van der Waals surface area (Å²) in [5, 5.41) is 0. The Kier molecular flexibility index (Phi) is 3.63. The molecular formula is C28H26. The van der Waals surface area contributed by atoms with Crippen LogP contribution in [0.15, 0.2) is 94.1 Å². The lowest BCUT2D eigenvalue weighted by molar-refractivity contribution is 0.664. The minimum atomic E-state index is 0.479. The van der Waals surface area contributed by atoms with Crippen LogP contribution in [-0.4, -0.2) is 0 Å². The van der Waals surface area contributed by atoms with Crippen molar-refractivity contribution in [2.45, 2.75) is 51.4 Å². The standard InChI is InChI=1S/C28H26/c1-18-14-21-15-19-8-2-3-9-20(19)16-27(21)26(18)17-28-24-12-6-4-10-22(24)23-11-5-7-13-25(23)28/h4-7,10-14,16,28H,2-3,8-9,15,17H2,1H3. The van der Waals surface area contributed by atoms with Gasteiger partial charge in [-0.2, -0.15) is 0 Å². The van der Waals surface area contributed by atoms with Gasteiger partial charge in [-0.1, -0.05) is 66.3 Å². The van der Waals surface area contributed by atoms with Crippen molar-refractivity contribution in [3.8, 4) is 11.1 Å². The van der Waals surface area contributed by atoms with Gasteiger partial charge in [0.2, 0.25) is 0 Å². The lowest BCUT2D eigenvalue weighted by Gasteiger charge is -2.26. The summed E-state index contributed by atoms with van der Waals surface area (Å²) in [6, 6.07) is 18.1. The predicted octanol–water partition coefficient (Wildman–Crippen LogP) is 7.65. The second-order valence-corrected chi connectivity index (χ2v) is 8.83. The van der Waals surface area contributed by atoms with Crippen molar-refractivity contribution in [1.82, 2.24) is 0 Å². The highest BCUT2D eigenvalue weighted by Gasteiger charge is 2.32. The highest BCUT2D eigenvalue weighted by atomic mass is 14.4. The van der Waals surface area contributed by atoms with Crippen LogP contribution in [0.5, 0.6) is 0 Å². The molecule has 0 radical (unpaired) electrons. The maximum absolute atomic E-state index is 2.56. The maximum Gasteiger partial charge on any atom is 0.0142 e. The van der Waals surface area contributed by atoms with Gasteiger partial charge in [0.15, 0.2) is 0 Å². The fraction of sp³-hybridized carbons (Fsp3) is 0.286. The molecule has 6 rings (SSSR count). The Balaban J connectivity index is 1.41. The van der Waals surface area contributed by atoms with E-state index in [0.717, 1.165) is 6.42 Å². The first kappa shape index (κ1) is 16.4. The maximum atomic E-state index is 2.56. The Hall–Kier alpha value is -2.60. The van der Waals surface area contributed by atoms with E-state index >= 15 is 0 Å². The van der Waals surface area contributed by atoms with Gasteiger partial charge >= 0.3 is 0 Å². The van der Waals surface area contributed by atoms with Crippen LogP contribution in [0.4, 0.5) is 0 Å². The Bertz CT molecular complexity index is 1070. The fourth-order valence-corrected chi connectivity index (χ4v) is 5.88. The molecule has 0 N–H and O–H groups in total. The fourth-order valence-electron chi connectivity index (χ4n) is 5.88. The normalized spacial score (nSPS) is 20.5. The van der Waals surface area contributed by atoms with Gasteiger partial charge in [-0.25, -0.2) is 0 Å². The van der Waals surface area contributed by atoms with Gasteiger partial charge in [0.25, 0.3) is 0 Å². The van der Waals surface area contributed by atoms with E-state index in [9.17, 15) is 0 Å². The van der Waals surface area contributed by atoms with Crippen molar-refractivity contribution >= 4 is 0 Å². The van der Waals surface area contributed by atoms with Crippen LogP contribution in [0.2, 0.25) is 0 Å². The van der Waals surface area contributed by atoms with E-state index in [0.29, 0.717) is 5.92 Å². The summed E-state index contributed by atoms with van der Waals surface area (Å²) < 4.78 is 0. The molecular weight excluding hydrogens is 336 g/mol. The molecule has 0 aromatic heterocycles. The largest absolute Gasteiger partial charge is 0.0626 e. The van der Waals surface area contributed by atoms with E-state index in [1.165, 1.54) is 59.9 Å². The van der Waals surface area contributed by atoms with Gasteiger partial charge < -0.3 is 0 Å². The molecule has 0 saturated heterocycles. The predicted molar refractivity (Wildman–Crippen MR) is 117 cm³/mol. The molecule has 4 aliphatic carbocycles. The first-order valence-electron chi connectivity index (χ1n) is 10.8. The van der Waals surface area contributed by atoms with Gasteiger partial charge in [0, 0.05) is 5.92 Å². The number of rotatable bonds is 2. The molecule has 0 heterocycles. The molecule has 2 aromatic carbocycles. The average Bonchev–Trinajstić information content (AvgIpc) is 3.21. The monoisotopic (exact) mass is 362 g/mol. The van der Waals surface area contributed by atoms with Crippen molar-refractivity contribution in [3.63, 3.8) is 0 Å². The molecule has 0 spiro atoms. The molecule has 28 heavy (non-hydrogen) atoms. The Morgan fingerprint density at radius 3 is 2.25 bits per heavy atom. The molecule has 138 valence electrons. The summed E-state index contributed by atoms with van der Waals surface area (Å²) in [6.45, 7) is 2.33. The summed E-state index contributed by atoms with van der Waals surface area (Å²) in [4.78, 5) is 0. The topological polar surface area (TPSA) is 0 Å². The summed E-state index contributed by atoms with van der Waals surface area (Å²) in [7, 11) is 0. The lowest BCUT2D eigenvalue weighted by atomic mass is 9.78. The molecule has 4 aliphatic rings. The zero-order valence-electron chi connectivity index (χ0n) is 16.6. The molecule has 0 fully saturated rings. The number of benzene rings is 2. The number of allylic oxidation sites excluding steroid dienone is 8. The van der Waals surface area contributed by atoms with Gasteiger partial charge in [-0.3, -0.25) is 0 Å². The van der Waals surface area contributed by atoms with Gasteiger partial charge in [0.05, 0.1) is 0 Å². The van der Waals surface area contributed by atoms with Crippen LogP contribution in [0.1, 0.15) is 62.5 Å². The highest BCUT2D eigenvalue weighted by molar-refractivity contribution is 5.79. The Labute approximate surface area is 168 Å². The van der Waals surface area contributed by atoms with Crippen LogP contribution in [0.25, 0.3) is 11.1 Å². The van der Waals surface area contributed by atoms with Crippen LogP contribution in [-0.2, 0) is 0 Å². The molecule has 0 amide bonds. The van der Waals surface area contributed by atoms with E-state index in [1.807, 2.05) is 0 Å². The molecule has 0 nitrogen and oxygen atoms in total. The van der Waals surface area contributed by atoms with E-state index in [-0.39, 0.29) is 0 Å². The molecule has 0 saturated carbocycles. The first-order valence-corrected chi connectivity index (χ1v) is 10.8. The summed E-state index contributed by atoms with van der Waals surface area (Å²) in [5.41, 5.74) is 15.5. The third kappa shape index (κ3) is 2.37. The van der Waals surface area contributed by atoms with Crippen molar-refractivity contribution < 1.29 is 0 Å². The number of hydrogen-bond acceptors (Lipinski definition) is 0. The van der Waals surface area contributed by atoms with E-state index < -0.39 is 0 Å². The molecule has 0 bridgehead atoms. The summed E-state index contributed by atoms with van der Waals surface area (Å²) >= 11 is 0. The molecule has 2 aromatic rings. The number of hydrogen-bond donors (Lipinski definition) is 0. The zero-order valence-corrected chi connectivity index (χ0v) is 16.6. The minimum Gasteiger partial charge on any atom is -0.0626 e. The van der Waals surface area contributed by atoms with Gasteiger partial charge in [-0.05, 0) is 95.6 Å². The average molecular weight is 363 g/mol. The first-order chi connectivity index (χ1) is 13.8. The van der Waals surface area contributed by atoms with E-state index in [2.05, 4.69) is 67.6 Å². The SMILES string of the molecule is CC1=C(CC2c3ccccc3-c3ccccc32)C2=CC3=C(CCCC3)CC2=C1. The second-order valence-electron chi connectivity index (χ2n) is 8.83. The number of fused-ring (bicyclic) bond motifs is 4. The third-order valence-electron chi connectivity index (χ3n) is 7.26. The second kappa shape index (κ2) is 6.21. The molecule has 0 atom stereocenters. The van der Waals surface area contributed by atoms with E-state index in [1.54, 1.807) is 27.9 Å². The zero-order chi connectivity index (χ0) is 18.7. The van der Waals surface area contributed by atoms with Gasteiger partial charge in [0.1, 0.15) is 0 Å².